The number of fused-ring (bicyclic) bond motifs is 15. The Balaban J connectivity index is 0.000000104. The van der Waals surface area contributed by atoms with Crippen LogP contribution in [0.3, 0.4) is 0 Å². The molecule has 19 aromatic carbocycles. The molecule has 0 fully saturated rings. The number of aromatic amines is 2. The summed E-state index contributed by atoms with van der Waals surface area (Å²) in [6.07, 6.45) is 6.21. The number of hydrogen-bond acceptors (Lipinski definition) is 11. The van der Waals surface area contributed by atoms with E-state index in [1.54, 1.807) is 0 Å². The average Bonchev–Trinajstić information content (AvgIpc) is 1.59. The first-order valence-corrected chi connectivity index (χ1v) is 51.0. The summed E-state index contributed by atoms with van der Waals surface area (Å²) >= 11 is 12.6. The van der Waals surface area contributed by atoms with E-state index in [0.717, 1.165) is 70.3 Å². The molecule has 0 saturated heterocycles. The fraction of sp³-hybridized carbons (Fsp3) is 0. The molecule has 0 aliphatic rings. The lowest BCUT2D eigenvalue weighted by molar-refractivity contribution is 0.426. The molecule has 8 aromatic heterocycles. The topological polar surface area (TPSA) is 154 Å². The Morgan fingerprint density at radius 2 is 0.517 bits per heavy atom. The van der Waals surface area contributed by atoms with Gasteiger partial charge in [0.2, 0.25) is 0 Å². The molecule has 0 aliphatic heterocycles. The van der Waals surface area contributed by atoms with Crippen molar-refractivity contribution in [1.29, 1.82) is 0 Å². The molecule has 0 atom stereocenters. The highest BCUT2D eigenvalue weighted by molar-refractivity contribution is 9.10. The van der Waals surface area contributed by atoms with Gasteiger partial charge in [-0.05, 0) is 218 Å². The van der Waals surface area contributed by atoms with E-state index in [4.69, 9.17) is 24.9 Å². The van der Waals surface area contributed by atoms with Crippen molar-refractivity contribution < 1.29 is 10.0 Å². The van der Waals surface area contributed by atoms with E-state index in [0.29, 0.717) is 40.4 Å². The second-order valence-corrected chi connectivity index (χ2v) is 39.7. The molecule has 27 rings (SSSR count). The highest BCUT2D eigenvalue weighted by Crippen LogP contribution is 2.46. The molecule has 0 unspecified atom stereocenters. The van der Waals surface area contributed by atoms with Crippen molar-refractivity contribution in [3.05, 3.63) is 495 Å². The fourth-order valence-electron chi connectivity index (χ4n) is 18.6. The fourth-order valence-corrected chi connectivity index (χ4v) is 22.6. The Kier molecular flexibility index (Phi) is 25.7. The molecule has 0 bridgehead atoms. The molecule has 143 heavy (non-hydrogen) atoms. The zero-order valence-electron chi connectivity index (χ0n) is 76.8. The predicted octanol–water partition coefficient (Wildman–Crippen LogP) is 34.0. The molecule has 11 nitrogen and oxygen atoms in total. The summed E-state index contributed by atoms with van der Waals surface area (Å²) in [5.41, 5.74) is 24.8. The van der Waals surface area contributed by atoms with E-state index in [-0.39, 0.29) is 0 Å². The van der Waals surface area contributed by atoms with E-state index in [2.05, 4.69) is 306 Å². The number of nitrogens with zero attached hydrogens (tertiary/aromatic N) is 7. The Morgan fingerprint density at radius 1 is 0.217 bits per heavy atom. The Bertz CT molecular complexity index is 9050. The highest BCUT2D eigenvalue weighted by atomic mass is 79.9. The third-order valence-electron chi connectivity index (χ3n) is 25.5. The summed E-state index contributed by atoms with van der Waals surface area (Å²) in [5, 5.41) is 30.9. The van der Waals surface area contributed by atoms with Gasteiger partial charge < -0.3 is 24.6 Å². The SMILES string of the molecule is Brc1ccc2sc3ccc4[nH]ccc4c3c2c1.Brc1cccc(-c2nc(-c3ccccc3)nc(-c3ccccc3)n2)c1.OB(O)c1cc(-c2ccccc2)cc(-c2ccccc2)c1.c1ccc(-c2cc(-c3ccccc3)cc(-c3ccc4sc5ccc6[nH]ccc6c5c4c3)c2)cc1.c1ccc(-c2ccc3sc4ccc5c(ccn5-c5cccc(-c6nc(-c7ccccc7)nc(-c7ccccc7)n6)c5)c4c3c2)cc1. The summed E-state index contributed by atoms with van der Waals surface area (Å²) in [4.78, 5) is 35.5. The van der Waals surface area contributed by atoms with Crippen LogP contribution in [-0.4, -0.2) is 61.6 Å². The third kappa shape index (κ3) is 19.3. The van der Waals surface area contributed by atoms with Gasteiger partial charge >= 0.3 is 7.12 Å². The standard InChI is InChI=1S/C41H26N4S.C32H21NS.C21H14BrN3.C18H15BO2.C14H8BrNS/c1-4-11-27(12-5-1)30-19-21-36-34(26-30)38-33-23-24-45(35(33)20-22-37(38)46-36)32-18-10-17-31(25-32)41-43-39(28-13-6-2-7-14-28)42-40(44-41)29-15-8-3-9-16-29;1-3-7-21(8-4-1)24-17-25(22-9-5-2-6-10-22)19-26(18-24)23-11-13-30-28(20-23)32-27-15-16-33-29(27)12-14-31(32)34-30;22-18-13-7-12-17(14-18)21-24-19(15-8-3-1-4-9-15)23-20(25-21)16-10-5-2-6-11-16;20-19(21)18-12-16(14-7-3-1-4-8-14)11-17(13-18)15-9-5-2-6-10-15;15-8-1-3-12-10(7-8)14-9-5-6-16-11(9)2-4-13(14)17-12/h1-26H;1-20,33H;1-14H;1-13,20-21H;1-7,16H. The van der Waals surface area contributed by atoms with Crippen LogP contribution in [0.25, 0.3) is 234 Å². The van der Waals surface area contributed by atoms with Gasteiger partial charge in [-0.3, -0.25) is 0 Å². The van der Waals surface area contributed by atoms with E-state index in [1.807, 2.05) is 265 Å². The van der Waals surface area contributed by atoms with E-state index in [1.165, 1.54) is 138 Å². The number of hydrogen-bond donors (Lipinski definition) is 4. The smallest absolute Gasteiger partial charge is 0.423 e. The second kappa shape index (κ2) is 40.7. The summed E-state index contributed by atoms with van der Waals surface area (Å²) in [7, 11) is -1.48. The van der Waals surface area contributed by atoms with Crippen LogP contribution in [0.4, 0.5) is 0 Å². The van der Waals surface area contributed by atoms with Crippen LogP contribution in [0.1, 0.15) is 0 Å². The van der Waals surface area contributed by atoms with Crippen molar-refractivity contribution in [1.82, 2.24) is 44.4 Å². The Hall–Kier alpha value is -16.6. The number of thiophene rings is 3. The van der Waals surface area contributed by atoms with E-state index in [9.17, 15) is 10.0 Å². The van der Waals surface area contributed by atoms with E-state index < -0.39 is 7.12 Å². The van der Waals surface area contributed by atoms with Gasteiger partial charge in [0.25, 0.3) is 0 Å². The van der Waals surface area contributed by atoms with Crippen LogP contribution in [-0.2, 0) is 0 Å². The van der Waals surface area contributed by atoms with Crippen LogP contribution < -0.4 is 5.46 Å². The maximum Gasteiger partial charge on any atom is 0.488 e. The molecule has 0 amide bonds. The van der Waals surface area contributed by atoms with Crippen LogP contribution >= 0.6 is 65.9 Å². The van der Waals surface area contributed by atoms with Crippen molar-refractivity contribution in [3.8, 4) is 141 Å². The Labute approximate surface area is 854 Å². The predicted molar refractivity (Wildman–Crippen MR) is 609 cm³/mol. The maximum absolute atomic E-state index is 9.52. The number of benzene rings is 19. The number of rotatable bonds is 14. The van der Waals surface area contributed by atoms with Crippen molar-refractivity contribution in [2.45, 2.75) is 0 Å². The molecular formula is C126H84BBr2N9O2S3. The zero-order valence-corrected chi connectivity index (χ0v) is 82.4. The van der Waals surface area contributed by atoms with Gasteiger partial charge in [-0.2, -0.15) is 0 Å². The normalized spacial score (nSPS) is 11.2. The van der Waals surface area contributed by atoms with Crippen LogP contribution in [0, 0.1) is 0 Å². The lowest BCUT2D eigenvalue weighted by Crippen LogP contribution is -2.29. The van der Waals surface area contributed by atoms with Gasteiger partial charge in [-0.1, -0.05) is 353 Å². The molecule has 27 aromatic rings. The summed E-state index contributed by atoms with van der Waals surface area (Å²) < 4.78 is 12.4. The monoisotopic (exact) mass is 2020 g/mol. The van der Waals surface area contributed by atoms with E-state index >= 15 is 0 Å². The largest absolute Gasteiger partial charge is 0.488 e. The van der Waals surface area contributed by atoms with Crippen molar-refractivity contribution in [2.75, 3.05) is 0 Å². The van der Waals surface area contributed by atoms with Crippen LogP contribution in [0.5, 0.6) is 0 Å². The lowest BCUT2D eigenvalue weighted by atomic mass is 9.77. The number of nitrogens with one attached hydrogen (secondary N) is 2. The minimum Gasteiger partial charge on any atom is -0.423 e. The molecule has 0 radical (unpaired) electrons. The maximum atomic E-state index is 9.52. The zero-order chi connectivity index (χ0) is 96.1. The number of aromatic nitrogens is 9. The third-order valence-corrected chi connectivity index (χ3v) is 29.9. The summed E-state index contributed by atoms with van der Waals surface area (Å²) in [5.74, 6) is 3.96. The molecule has 0 aliphatic carbocycles. The molecule has 680 valence electrons. The highest BCUT2D eigenvalue weighted by Gasteiger charge is 2.22. The summed E-state index contributed by atoms with van der Waals surface area (Å²) in [6, 6.07) is 161. The first-order chi connectivity index (χ1) is 70.5. The van der Waals surface area contributed by atoms with Gasteiger partial charge in [0, 0.05) is 154 Å². The summed E-state index contributed by atoms with van der Waals surface area (Å²) in [6.45, 7) is 0. The van der Waals surface area contributed by atoms with Gasteiger partial charge in [0.05, 0.1) is 5.52 Å². The molecule has 0 spiro atoms. The van der Waals surface area contributed by atoms with Crippen molar-refractivity contribution in [2.24, 2.45) is 0 Å². The Morgan fingerprint density at radius 3 is 0.909 bits per heavy atom. The van der Waals surface area contributed by atoms with Gasteiger partial charge in [-0.25, -0.2) is 29.9 Å². The van der Waals surface area contributed by atoms with Gasteiger partial charge in [0.15, 0.2) is 34.9 Å². The van der Waals surface area contributed by atoms with Gasteiger partial charge in [-0.15, -0.1) is 34.0 Å². The number of halogens is 2. The first-order valence-electron chi connectivity index (χ1n) is 47.0. The minimum absolute atomic E-state index is 0.496. The van der Waals surface area contributed by atoms with Crippen LogP contribution in [0.15, 0.2) is 495 Å². The first kappa shape index (κ1) is 90.3. The molecular weight excluding hydrogens is 1940 g/mol. The molecule has 4 N–H and O–H groups in total. The second-order valence-electron chi connectivity index (χ2n) is 34.7. The van der Waals surface area contributed by atoms with Crippen LogP contribution in [0.2, 0.25) is 0 Å². The molecule has 0 saturated carbocycles. The van der Waals surface area contributed by atoms with Crippen molar-refractivity contribution >= 4 is 172 Å². The molecule has 8 heterocycles. The average molecular weight is 2020 g/mol. The van der Waals surface area contributed by atoms with Gasteiger partial charge in [0.1, 0.15) is 0 Å². The van der Waals surface area contributed by atoms with Crippen molar-refractivity contribution in [3.63, 3.8) is 0 Å². The quantitative estimate of drug-likeness (QED) is 0.0785. The number of H-pyrrole nitrogens is 2. The minimum atomic E-state index is -1.48. The molecule has 17 heteroatoms. The lowest BCUT2D eigenvalue weighted by Gasteiger charge is -2.11.